The SMILES string of the molecule is NC(Cc1cnc[nH]1)C(=O)NC(Cc1ccc(O)cc1)C(=O)NC(CCC(=O)O)C(=O)NC(Cc1cnc[nH]1)C(=O)O. The molecule has 10 N–H and O–H groups in total. The molecule has 16 nitrogen and oxygen atoms in total. The number of hydrogen-bond acceptors (Lipinski definition) is 9. The van der Waals surface area contributed by atoms with Crippen LogP contribution in [0.3, 0.4) is 0 Å². The predicted octanol–water partition coefficient (Wildman–Crippen LogP) is -1.40. The van der Waals surface area contributed by atoms with Gasteiger partial charge in [-0.3, -0.25) is 19.2 Å². The fraction of sp³-hybridized carbons (Fsp3) is 0.346. The molecule has 0 saturated heterocycles. The van der Waals surface area contributed by atoms with E-state index in [1.165, 1.54) is 49.3 Å². The maximum Gasteiger partial charge on any atom is 0.326 e. The van der Waals surface area contributed by atoms with Crippen molar-refractivity contribution in [2.45, 2.75) is 56.3 Å². The van der Waals surface area contributed by atoms with Crippen LogP contribution in [-0.4, -0.2) is 89.1 Å². The first-order chi connectivity index (χ1) is 20.0. The highest BCUT2D eigenvalue weighted by atomic mass is 16.4. The number of carboxylic acid groups (broad SMARTS) is 2. The van der Waals surface area contributed by atoms with Crippen molar-refractivity contribution in [2.24, 2.45) is 5.73 Å². The number of phenolic OH excluding ortho intramolecular Hbond substituents is 1. The number of hydrogen-bond donors (Lipinski definition) is 9. The highest BCUT2D eigenvalue weighted by Crippen LogP contribution is 2.12. The van der Waals surface area contributed by atoms with Crippen molar-refractivity contribution in [2.75, 3.05) is 0 Å². The number of aromatic nitrogens is 4. The number of aliphatic carboxylic acids is 2. The van der Waals surface area contributed by atoms with E-state index in [-0.39, 0.29) is 31.4 Å². The second-order valence-corrected chi connectivity index (χ2v) is 9.49. The maximum atomic E-state index is 13.4. The summed E-state index contributed by atoms with van der Waals surface area (Å²) in [5.74, 6) is -5.06. The molecule has 0 spiro atoms. The van der Waals surface area contributed by atoms with E-state index in [1.807, 2.05) is 0 Å². The van der Waals surface area contributed by atoms with E-state index in [0.717, 1.165) is 0 Å². The Morgan fingerprint density at radius 2 is 1.31 bits per heavy atom. The molecule has 2 heterocycles. The summed E-state index contributed by atoms with van der Waals surface area (Å²) in [5.41, 5.74) is 7.59. The highest BCUT2D eigenvalue weighted by molar-refractivity contribution is 5.94. The first kappa shape index (κ1) is 31.3. The monoisotopic (exact) mass is 584 g/mol. The number of carbonyl (C=O) groups is 5. The number of carboxylic acids is 2. The molecule has 224 valence electrons. The van der Waals surface area contributed by atoms with E-state index in [4.69, 9.17) is 5.73 Å². The van der Waals surface area contributed by atoms with E-state index in [1.54, 1.807) is 0 Å². The fourth-order valence-electron chi connectivity index (χ4n) is 3.98. The van der Waals surface area contributed by atoms with Crippen LogP contribution in [-0.2, 0) is 43.2 Å². The molecule has 0 aliphatic heterocycles. The summed E-state index contributed by atoms with van der Waals surface area (Å²) in [6.45, 7) is 0. The Kier molecular flexibility index (Phi) is 11.1. The minimum Gasteiger partial charge on any atom is -0.508 e. The van der Waals surface area contributed by atoms with Crippen LogP contribution in [0, 0.1) is 0 Å². The summed E-state index contributed by atoms with van der Waals surface area (Å²) < 4.78 is 0. The van der Waals surface area contributed by atoms with E-state index in [0.29, 0.717) is 17.0 Å². The zero-order valence-electron chi connectivity index (χ0n) is 22.3. The summed E-state index contributed by atoms with van der Waals surface area (Å²) >= 11 is 0. The smallest absolute Gasteiger partial charge is 0.326 e. The second-order valence-electron chi connectivity index (χ2n) is 9.49. The van der Waals surface area contributed by atoms with Gasteiger partial charge < -0.3 is 47.0 Å². The number of amides is 3. The standard InChI is InChI=1S/C26H32N8O8/c27-18(8-15-10-28-12-30-15)23(38)33-20(7-14-1-3-17(35)4-2-14)25(40)32-19(5-6-22(36)37)24(39)34-21(26(41)42)9-16-11-29-13-31-16/h1-4,10-13,18-21,35H,5-9,27H2,(H,28,30)(H,29,31)(H,32,40)(H,33,38)(H,34,39)(H,36,37)(H,41,42). The number of carbonyl (C=O) groups excluding carboxylic acids is 3. The number of rotatable bonds is 16. The average molecular weight is 585 g/mol. The van der Waals surface area contributed by atoms with Gasteiger partial charge in [0.05, 0.1) is 18.7 Å². The summed E-state index contributed by atoms with van der Waals surface area (Å²) in [5, 5.41) is 35.7. The zero-order chi connectivity index (χ0) is 30.6. The molecule has 0 bridgehead atoms. The number of H-pyrrole nitrogens is 2. The number of benzene rings is 1. The van der Waals surface area contributed by atoms with Gasteiger partial charge in [0.1, 0.15) is 23.9 Å². The molecule has 4 unspecified atom stereocenters. The van der Waals surface area contributed by atoms with Crippen molar-refractivity contribution in [3.05, 3.63) is 66.3 Å². The first-order valence-electron chi connectivity index (χ1n) is 12.9. The summed E-state index contributed by atoms with van der Waals surface area (Å²) in [7, 11) is 0. The van der Waals surface area contributed by atoms with Crippen LogP contribution < -0.4 is 21.7 Å². The van der Waals surface area contributed by atoms with Crippen LogP contribution in [0.15, 0.2) is 49.3 Å². The lowest BCUT2D eigenvalue weighted by atomic mass is 10.0. The van der Waals surface area contributed by atoms with Gasteiger partial charge in [0, 0.05) is 49.5 Å². The lowest BCUT2D eigenvalue weighted by molar-refractivity contribution is -0.143. The van der Waals surface area contributed by atoms with Crippen LogP contribution in [0.25, 0.3) is 0 Å². The van der Waals surface area contributed by atoms with Crippen LogP contribution in [0.4, 0.5) is 0 Å². The van der Waals surface area contributed by atoms with E-state index in [2.05, 4.69) is 35.9 Å². The average Bonchev–Trinajstić information content (AvgIpc) is 3.65. The number of imidazole rings is 2. The third-order valence-corrected chi connectivity index (χ3v) is 6.21. The number of phenols is 1. The minimum atomic E-state index is -1.45. The molecule has 3 rings (SSSR count). The molecule has 0 aliphatic rings. The maximum absolute atomic E-state index is 13.4. The quantitative estimate of drug-likeness (QED) is 0.0944. The first-order valence-corrected chi connectivity index (χ1v) is 12.9. The van der Waals surface area contributed by atoms with Crippen molar-refractivity contribution in [3.8, 4) is 5.75 Å². The molecule has 0 saturated carbocycles. The van der Waals surface area contributed by atoms with Crippen LogP contribution >= 0.6 is 0 Å². The van der Waals surface area contributed by atoms with Gasteiger partial charge in [0.25, 0.3) is 0 Å². The van der Waals surface area contributed by atoms with Crippen molar-refractivity contribution < 1.29 is 39.3 Å². The number of nitrogens with zero attached hydrogens (tertiary/aromatic N) is 2. The van der Waals surface area contributed by atoms with Crippen molar-refractivity contribution in [1.29, 1.82) is 0 Å². The Bertz CT molecular complexity index is 1350. The second kappa shape index (κ2) is 14.9. The minimum absolute atomic E-state index is 0.0149. The van der Waals surface area contributed by atoms with Crippen LogP contribution in [0.5, 0.6) is 5.75 Å². The predicted molar refractivity (Wildman–Crippen MR) is 145 cm³/mol. The lowest BCUT2D eigenvalue weighted by Crippen LogP contribution is -2.58. The van der Waals surface area contributed by atoms with Gasteiger partial charge in [-0.25, -0.2) is 14.8 Å². The normalized spacial score (nSPS) is 13.7. The Hall–Kier alpha value is -5.25. The molecular weight excluding hydrogens is 552 g/mol. The number of aromatic hydroxyl groups is 1. The number of aromatic amines is 2. The van der Waals surface area contributed by atoms with Crippen LogP contribution in [0.1, 0.15) is 29.8 Å². The molecule has 3 aromatic rings. The van der Waals surface area contributed by atoms with E-state index in [9.17, 15) is 39.3 Å². The molecule has 0 radical (unpaired) electrons. The molecular formula is C26H32N8O8. The molecule has 4 atom stereocenters. The van der Waals surface area contributed by atoms with Gasteiger partial charge in [-0.15, -0.1) is 0 Å². The van der Waals surface area contributed by atoms with Crippen molar-refractivity contribution in [3.63, 3.8) is 0 Å². The fourth-order valence-corrected chi connectivity index (χ4v) is 3.98. The summed E-state index contributed by atoms with van der Waals surface area (Å²) in [6.07, 6.45) is 4.66. The number of nitrogens with two attached hydrogens (primary N) is 1. The third-order valence-electron chi connectivity index (χ3n) is 6.21. The number of nitrogens with one attached hydrogen (secondary N) is 5. The molecule has 42 heavy (non-hydrogen) atoms. The Morgan fingerprint density at radius 3 is 1.86 bits per heavy atom. The Morgan fingerprint density at radius 1 is 0.762 bits per heavy atom. The van der Waals surface area contributed by atoms with Gasteiger partial charge in [-0.2, -0.15) is 0 Å². The molecule has 1 aromatic carbocycles. The zero-order valence-corrected chi connectivity index (χ0v) is 22.3. The van der Waals surface area contributed by atoms with E-state index < -0.39 is 60.2 Å². The lowest BCUT2D eigenvalue weighted by Gasteiger charge is -2.25. The molecule has 0 aliphatic carbocycles. The summed E-state index contributed by atoms with van der Waals surface area (Å²) in [4.78, 5) is 75.8. The third kappa shape index (κ3) is 9.74. The van der Waals surface area contributed by atoms with Gasteiger partial charge in [0.2, 0.25) is 17.7 Å². The Balaban J connectivity index is 1.77. The van der Waals surface area contributed by atoms with Crippen molar-refractivity contribution >= 4 is 29.7 Å². The Labute approximate surface area is 239 Å². The van der Waals surface area contributed by atoms with Gasteiger partial charge in [-0.1, -0.05) is 12.1 Å². The van der Waals surface area contributed by atoms with Gasteiger partial charge in [0.15, 0.2) is 0 Å². The molecule has 3 amide bonds. The summed E-state index contributed by atoms with van der Waals surface area (Å²) in [6, 6.07) is 0.670. The molecule has 2 aromatic heterocycles. The molecule has 16 heteroatoms. The van der Waals surface area contributed by atoms with Crippen LogP contribution in [0.2, 0.25) is 0 Å². The molecule has 0 fully saturated rings. The largest absolute Gasteiger partial charge is 0.508 e. The highest BCUT2D eigenvalue weighted by Gasteiger charge is 2.31. The topological polar surface area (TPSA) is 266 Å². The van der Waals surface area contributed by atoms with Gasteiger partial charge >= 0.3 is 11.9 Å². The van der Waals surface area contributed by atoms with Gasteiger partial charge in [-0.05, 0) is 24.1 Å². The van der Waals surface area contributed by atoms with E-state index >= 15 is 0 Å². The van der Waals surface area contributed by atoms with Crippen molar-refractivity contribution in [1.82, 2.24) is 35.9 Å².